The first-order valence-electron chi connectivity index (χ1n) is 10.1. The van der Waals surface area contributed by atoms with Gasteiger partial charge in [-0.05, 0) is 48.2 Å². The maximum atomic E-state index is 14.3. The zero-order valence-corrected chi connectivity index (χ0v) is 17.3. The zero-order chi connectivity index (χ0) is 20.4. The first-order valence-corrected chi connectivity index (χ1v) is 10.5. The molecule has 4 rings (SSSR count). The third-order valence-electron chi connectivity index (χ3n) is 5.94. The average molecular weight is 414 g/mol. The largest absolute Gasteiger partial charge is 0.325 e. The van der Waals surface area contributed by atoms with Gasteiger partial charge in [0.05, 0.1) is 18.9 Å². The Kier molecular flexibility index (Phi) is 5.86. The molecule has 1 aliphatic heterocycles. The van der Waals surface area contributed by atoms with Crippen LogP contribution in [0.3, 0.4) is 0 Å². The number of carbonyl (C=O) groups excluding carboxylic acids is 1. The van der Waals surface area contributed by atoms with E-state index in [1.165, 1.54) is 31.4 Å². The summed E-state index contributed by atoms with van der Waals surface area (Å²) in [6, 6.07) is 12.3. The van der Waals surface area contributed by atoms with E-state index in [2.05, 4.69) is 4.99 Å². The smallest absolute Gasteiger partial charge is 0.324 e. The zero-order valence-electron chi connectivity index (χ0n) is 16.5. The Morgan fingerprint density at radius 3 is 2.76 bits per heavy atom. The second-order valence-corrected chi connectivity index (χ2v) is 8.30. The number of halogens is 2. The van der Waals surface area contributed by atoms with Crippen LogP contribution >= 0.6 is 11.6 Å². The van der Waals surface area contributed by atoms with Gasteiger partial charge < -0.3 is 4.90 Å². The van der Waals surface area contributed by atoms with Crippen LogP contribution in [0.25, 0.3) is 11.1 Å². The van der Waals surface area contributed by atoms with Crippen molar-refractivity contribution in [1.82, 2.24) is 9.80 Å². The average Bonchev–Trinajstić information content (AvgIpc) is 3.25. The van der Waals surface area contributed by atoms with Crippen LogP contribution in [-0.2, 0) is 0 Å². The Labute approximate surface area is 176 Å². The van der Waals surface area contributed by atoms with Crippen LogP contribution in [0.2, 0.25) is 5.02 Å². The molecule has 29 heavy (non-hydrogen) atoms. The fourth-order valence-electron chi connectivity index (χ4n) is 4.22. The van der Waals surface area contributed by atoms with E-state index in [4.69, 9.17) is 11.6 Å². The molecule has 0 radical (unpaired) electrons. The van der Waals surface area contributed by atoms with Crippen molar-refractivity contribution in [2.75, 3.05) is 13.6 Å². The van der Waals surface area contributed by atoms with Crippen LogP contribution in [0.5, 0.6) is 0 Å². The first kappa shape index (κ1) is 19.9. The van der Waals surface area contributed by atoms with E-state index in [0.29, 0.717) is 23.2 Å². The minimum absolute atomic E-state index is 0.000176. The quantitative estimate of drug-likeness (QED) is 0.615. The van der Waals surface area contributed by atoms with Crippen LogP contribution < -0.4 is 0 Å². The van der Waals surface area contributed by atoms with Crippen molar-refractivity contribution in [2.24, 2.45) is 4.99 Å². The summed E-state index contributed by atoms with van der Waals surface area (Å²) in [4.78, 5) is 21.0. The number of hydrogen-bond acceptors (Lipinski definition) is 2. The molecule has 1 unspecified atom stereocenters. The number of amides is 2. The second-order valence-electron chi connectivity index (χ2n) is 7.87. The molecule has 0 saturated heterocycles. The molecule has 1 atom stereocenters. The van der Waals surface area contributed by atoms with Crippen molar-refractivity contribution in [3.05, 3.63) is 58.9 Å². The molecule has 1 saturated carbocycles. The van der Waals surface area contributed by atoms with Gasteiger partial charge in [-0.25, -0.2) is 9.18 Å². The summed E-state index contributed by atoms with van der Waals surface area (Å²) >= 11 is 6.04. The molecule has 6 heteroatoms. The molecule has 0 spiro atoms. The Hall–Kier alpha value is -2.40. The SMILES string of the molecule is CN(C(=O)N1C=NC(c2cccc(-c3cc(Cl)ccc3F)c2)C1)C1CCCCC1. The molecule has 2 aromatic carbocycles. The topological polar surface area (TPSA) is 35.9 Å². The van der Waals surface area contributed by atoms with E-state index in [1.807, 2.05) is 36.2 Å². The van der Waals surface area contributed by atoms with Gasteiger partial charge >= 0.3 is 6.03 Å². The van der Waals surface area contributed by atoms with Gasteiger partial charge in [0, 0.05) is 23.7 Å². The predicted molar refractivity (Wildman–Crippen MR) is 115 cm³/mol. The van der Waals surface area contributed by atoms with Crippen molar-refractivity contribution in [2.45, 2.75) is 44.2 Å². The molecule has 0 aromatic heterocycles. The van der Waals surface area contributed by atoms with Crippen LogP contribution in [-0.4, -0.2) is 41.8 Å². The van der Waals surface area contributed by atoms with Crippen LogP contribution in [0.1, 0.15) is 43.7 Å². The summed E-state index contributed by atoms with van der Waals surface area (Å²) in [5.74, 6) is -0.313. The molecule has 1 aliphatic carbocycles. The molecule has 1 heterocycles. The van der Waals surface area contributed by atoms with E-state index >= 15 is 0 Å². The summed E-state index contributed by atoms with van der Waals surface area (Å²) in [5, 5.41) is 0.494. The molecule has 2 aliphatic rings. The van der Waals surface area contributed by atoms with E-state index in [9.17, 15) is 9.18 Å². The first-order chi connectivity index (χ1) is 14.0. The van der Waals surface area contributed by atoms with Gasteiger partial charge in [-0.15, -0.1) is 0 Å². The lowest BCUT2D eigenvalue weighted by molar-refractivity contribution is 0.155. The second kappa shape index (κ2) is 8.54. The third-order valence-corrected chi connectivity index (χ3v) is 6.17. The van der Waals surface area contributed by atoms with Crippen molar-refractivity contribution in [3.63, 3.8) is 0 Å². The molecule has 0 bridgehead atoms. The highest BCUT2D eigenvalue weighted by Gasteiger charge is 2.29. The number of hydrogen-bond donors (Lipinski definition) is 0. The molecule has 4 nitrogen and oxygen atoms in total. The molecular formula is C23H25ClFN3O. The molecule has 2 aromatic rings. The number of nitrogens with zero attached hydrogens (tertiary/aromatic N) is 3. The van der Waals surface area contributed by atoms with E-state index in [-0.39, 0.29) is 17.9 Å². The maximum absolute atomic E-state index is 14.3. The van der Waals surface area contributed by atoms with Crippen LogP contribution in [0.4, 0.5) is 9.18 Å². The van der Waals surface area contributed by atoms with Crippen molar-refractivity contribution in [1.29, 1.82) is 0 Å². The molecule has 0 N–H and O–H groups in total. The molecule has 1 fully saturated rings. The Morgan fingerprint density at radius 1 is 1.17 bits per heavy atom. The maximum Gasteiger partial charge on any atom is 0.325 e. The van der Waals surface area contributed by atoms with Gasteiger partial charge in [0.15, 0.2) is 0 Å². The summed E-state index contributed by atoms with van der Waals surface area (Å²) in [6.07, 6.45) is 7.42. The van der Waals surface area contributed by atoms with Gasteiger partial charge in [-0.1, -0.05) is 49.1 Å². The summed E-state index contributed by atoms with van der Waals surface area (Å²) < 4.78 is 14.3. The van der Waals surface area contributed by atoms with E-state index in [1.54, 1.807) is 17.3 Å². The number of urea groups is 1. The monoisotopic (exact) mass is 413 g/mol. The standard InChI is InChI=1S/C23H25ClFN3O/c1-27(19-8-3-2-4-9-19)23(29)28-14-22(26-15-28)17-7-5-6-16(12-17)20-13-18(24)10-11-21(20)25/h5-7,10-13,15,19,22H,2-4,8-9,14H2,1H3. The Morgan fingerprint density at radius 2 is 1.97 bits per heavy atom. The van der Waals surface area contributed by atoms with Gasteiger partial charge in [-0.2, -0.15) is 0 Å². The molecular weight excluding hydrogens is 389 g/mol. The normalized spacial score (nSPS) is 19.6. The highest BCUT2D eigenvalue weighted by Crippen LogP contribution is 2.31. The van der Waals surface area contributed by atoms with Gasteiger partial charge in [0.1, 0.15) is 5.82 Å². The molecule has 2 amide bonds. The number of rotatable bonds is 3. The van der Waals surface area contributed by atoms with E-state index < -0.39 is 0 Å². The fraction of sp³-hybridized carbons (Fsp3) is 0.391. The lowest BCUT2D eigenvalue weighted by Crippen LogP contribution is -2.45. The minimum atomic E-state index is -0.313. The predicted octanol–water partition coefficient (Wildman–Crippen LogP) is 5.92. The number of benzene rings is 2. The van der Waals surface area contributed by atoms with Crippen molar-refractivity contribution < 1.29 is 9.18 Å². The third kappa shape index (κ3) is 4.30. The van der Waals surface area contributed by atoms with Crippen molar-refractivity contribution in [3.8, 4) is 11.1 Å². The summed E-state index contributed by atoms with van der Waals surface area (Å²) in [5.41, 5.74) is 2.17. The number of aliphatic imine (C=N–C) groups is 1. The molecule has 152 valence electrons. The summed E-state index contributed by atoms with van der Waals surface area (Å²) in [6.45, 7) is 0.497. The number of carbonyl (C=O) groups is 1. The summed E-state index contributed by atoms with van der Waals surface area (Å²) in [7, 11) is 1.89. The highest BCUT2D eigenvalue weighted by atomic mass is 35.5. The van der Waals surface area contributed by atoms with Gasteiger partial charge in [-0.3, -0.25) is 9.89 Å². The van der Waals surface area contributed by atoms with Crippen molar-refractivity contribution >= 4 is 24.0 Å². The lowest BCUT2D eigenvalue weighted by Gasteiger charge is -2.33. The van der Waals surface area contributed by atoms with Gasteiger partial charge in [0.25, 0.3) is 0 Å². The minimum Gasteiger partial charge on any atom is -0.324 e. The van der Waals surface area contributed by atoms with Gasteiger partial charge in [0.2, 0.25) is 0 Å². The fourth-order valence-corrected chi connectivity index (χ4v) is 4.39. The van der Waals surface area contributed by atoms with Crippen LogP contribution in [0, 0.1) is 5.82 Å². The highest BCUT2D eigenvalue weighted by molar-refractivity contribution is 6.30. The Bertz CT molecular complexity index is 926. The van der Waals surface area contributed by atoms with Crippen LogP contribution in [0.15, 0.2) is 47.5 Å². The van der Waals surface area contributed by atoms with E-state index in [0.717, 1.165) is 24.0 Å². The lowest BCUT2D eigenvalue weighted by atomic mass is 9.95. The Balaban J connectivity index is 1.47.